The lowest BCUT2D eigenvalue weighted by Crippen LogP contribution is -2.29. The van der Waals surface area contributed by atoms with Gasteiger partial charge in [-0.15, -0.1) is 0 Å². The summed E-state index contributed by atoms with van der Waals surface area (Å²) in [5.74, 6) is 3.65. The Hall–Kier alpha value is -1.99. The van der Waals surface area contributed by atoms with Crippen molar-refractivity contribution in [2.45, 2.75) is 26.6 Å². The number of anilines is 1. The molecule has 132 valence electrons. The molecule has 0 saturated carbocycles. The van der Waals surface area contributed by atoms with Gasteiger partial charge in [0.05, 0.1) is 12.3 Å². The molecule has 7 nitrogen and oxygen atoms in total. The predicted molar refractivity (Wildman–Crippen MR) is 93.1 cm³/mol. The van der Waals surface area contributed by atoms with E-state index < -0.39 is 0 Å². The van der Waals surface area contributed by atoms with Gasteiger partial charge in [0, 0.05) is 57.2 Å². The molecule has 0 radical (unpaired) electrons. The molecule has 3 aliphatic rings. The normalized spacial score (nSPS) is 26.0. The number of imidazole rings is 1. The summed E-state index contributed by atoms with van der Waals surface area (Å²) >= 11 is 0. The van der Waals surface area contributed by atoms with Gasteiger partial charge in [-0.3, -0.25) is 4.90 Å². The summed E-state index contributed by atoms with van der Waals surface area (Å²) in [5.41, 5.74) is 2.36. The number of hydrogen-bond acceptors (Lipinski definition) is 6. The molecule has 2 fully saturated rings. The Kier molecular flexibility index (Phi) is 3.71. The van der Waals surface area contributed by atoms with Crippen LogP contribution in [0, 0.1) is 18.8 Å². The molecule has 5 rings (SSSR count). The first-order valence-electron chi connectivity index (χ1n) is 9.13. The summed E-state index contributed by atoms with van der Waals surface area (Å²) in [6, 6.07) is 0. The van der Waals surface area contributed by atoms with Crippen LogP contribution in [0.15, 0.2) is 18.7 Å². The SMILES string of the molecule is Cc1cncnc1N1CC2CN(Cc3cn4c(n3)COCC4)CC2C1. The first kappa shape index (κ1) is 15.3. The van der Waals surface area contributed by atoms with Crippen molar-refractivity contribution < 1.29 is 4.74 Å². The zero-order valence-corrected chi connectivity index (χ0v) is 14.6. The van der Waals surface area contributed by atoms with E-state index in [1.54, 1.807) is 6.33 Å². The maximum absolute atomic E-state index is 5.49. The Labute approximate surface area is 147 Å². The summed E-state index contributed by atoms with van der Waals surface area (Å²) in [5, 5.41) is 0. The highest BCUT2D eigenvalue weighted by molar-refractivity contribution is 5.46. The third-order valence-electron chi connectivity index (χ3n) is 5.73. The van der Waals surface area contributed by atoms with Crippen LogP contribution in [-0.2, 0) is 24.4 Å². The molecule has 0 aromatic carbocycles. The molecule has 2 aromatic rings. The number of fused-ring (bicyclic) bond motifs is 2. The van der Waals surface area contributed by atoms with E-state index in [4.69, 9.17) is 9.72 Å². The van der Waals surface area contributed by atoms with Crippen molar-refractivity contribution in [2.75, 3.05) is 37.7 Å². The van der Waals surface area contributed by atoms with Crippen LogP contribution in [-0.4, -0.2) is 57.2 Å². The molecule has 2 atom stereocenters. The number of likely N-dealkylation sites (tertiary alicyclic amines) is 1. The molecule has 0 bridgehead atoms. The van der Waals surface area contributed by atoms with E-state index in [0.717, 1.165) is 69.4 Å². The summed E-state index contributed by atoms with van der Waals surface area (Å²) in [6.45, 7) is 9.96. The lowest BCUT2D eigenvalue weighted by Gasteiger charge is -2.22. The highest BCUT2D eigenvalue weighted by Crippen LogP contribution is 2.34. The Morgan fingerprint density at radius 1 is 1.20 bits per heavy atom. The predicted octanol–water partition coefficient (Wildman–Crippen LogP) is 1.08. The van der Waals surface area contributed by atoms with Crippen LogP contribution in [0.4, 0.5) is 5.82 Å². The van der Waals surface area contributed by atoms with Crippen LogP contribution in [0.3, 0.4) is 0 Å². The Bertz CT molecular complexity index is 737. The molecule has 2 aromatic heterocycles. The van der Waals surface area contributed by atoms with E-state index in [2.05, 4.69) is 37.5 Å². The number of ether oxygens (including phenoxy) is 1. The minimum atomic E-state index is 0.651. The summed E-state index contributed by atoms with van der Waals surface area (Å²) < 4.78 is 7.74. The first-order chi connectivity index (χ1) is 12.3. The smallest absolute Gasteiger partial charge is 0.135 e. The number of nitrogens with zero attached hydrogens (tertiary/aromatic N) is 6. The second-order valence-electron chi connectivity index (χ2n) is 7.54. The second-order valence-corrected chi connectivity index (χ2v) is 7.54. The van der Waals surface area contributed by atoms with Gasteiger partial charge in [0.15, 0.2) is 0 Å². The molecular formula is C18H24N6O. The number of hydrogen-bond donors (Lipinski definition) is 0. The van der Waals surface area contributed by atoms with Crippen molar-refractivity contribution >= 4 is 5.82 Å². The van der Waals surface area contributed by atoms with Gasteiger partial charge < -0.3 is 14.2 Å². The van der Waals surface area contributed by atoms with Gasteiger partial charge in [-0.1, -0.05) is 0 Å². The highest BCUT2D eigenvalue weighted by atomic mass is 16.5. The third-order valence-corrected chi connectivity index (χ3v) is 5.73. The molecule has 0 spiro atoms. The van der Waals surface area contributed by atoms with Crippen molar-refractivity contribution in [3.8, 4) is 0 Å². The summed E-state index contributed by atoms with van der Waals surface area (Å²) in [7, 11) is 0. The van der Waals surface area contributed by atoms with E-state index in [0.29, 0.717) is 6.61 Å². The second kappa shape index (κ2) is 6.07. The fourth-order valence-electron chi connectivity index (χ4n) is 4.57. The zero-order valence-electron chi connectivity index (χ0n) is 14.6. The van der Waals surface area contributed by atoms with E-state index in [9.17, 15) is 0 Å². The van der Waals surface area contributed by atoms with Gasteiger partial charge >= 0.3 is 0 Å². The summed E-state index contributed by atoms with van der Waals surface area (Å²) in [6.07, 6.45) is 5.78. The first-order valence-corrected chi connectivity index (χ1v) is 9.13. The number of rotatable bonds is 3. The fourth-order valence-corrected chi connectivity index (χ4v) is 4.57. The van der Waals surface area contributed by atoms with E-state index >= 15 is 0 Å². The van der Waals surface area contributed by atoms with Gasteiger partial charge in [-0.2, -0.15) is 0 Å². The monoisotopic (exact) mass is 340 g/mol. The van der Waals surface area contributed by atoms with Crippen molar-refractivity contribution in [1.82, 2.24) is 24.4 Å². The van der Waals surface area contributed by atoms with Gasteiger partial charge in [-0.25, -0.2) is 15.0 Å². The average molecular weight is 340 g/mol. The maximum atomic E-state index is 5.49. The molecule has 25 heavy (non-hydrogen) atoms. The van der Waals surface area contributed by atoms with E-state index in [1.165, 1.54) is 11.3 Å². The Morgan fingerprint density at radius 3 is 2.80 bits per heavy atom. The molecular weight excluding hydrogens is 316 g/mol. The number of aryl methyl sites for hydroxylation is 1. The summed E-state index contributed by atoms with van der Waals surface area (Å²) in [4.78, 5) is 18.4. The lowest BCUT2D eigenvalue weighted by atomic mass is 10.0. The van der Waals surface area contributed by atoms with Crippen molar-refractivity contribution in [3.05, 3.63) is 35.8 Å². The van der Waals surface area contributed by atoms with Gasteiger partial charge in [0.2, 0.25) is 0 Å². The topological polar surface area (TPSA) is 59.3 Å². The third kappa shape index (κ3) is 2.81. The largest absolute Gasteiger partial charge is 0.372 e. The van der Waals surface area contributed by atoms with Crippen molar-refractivity contribution in [3.63, 3.8) is 0 Å². The van der Waals surface area contributed by atoms with Crippen LogP contribution in [0.1, 0.15) is 17.1 Å². The van der Waals surface area contributed by atoms with Crippen LogP contribution in [0.5, 0.6) is 0 Å². The van der Waals surface area contributed by atoms with Crippen LogP contribution >= 0.6 is 0 Å². The molecule has 7 heteroatoms. The average Bonchev–Trinajstić information content (AvgIpc) is 3.27. The quantitative estimate of drug-likeness (QED) is 0.833. The molecule has 3 aliphatic heterocycles. The highest BCUT2D eigenvalue weighted by Gasteiger charge is 2.40. The molecule has 0 amide bonds. The van der Waals surface area contributed by atoms with Crippen molar-refractivity contribution in [1.29, 1.82) is 0 Å². The molecule has 2 saturated heterocycles. The fraction of sp³-hybridized carbons (Fsp3) is 0.611. The minimum Gasteiger partial charge on any atom is -0.372 e. The maximum Gasteiger partial charge on any atom is 0.135 e. The van der Waals surface area contributed by atoms with Gasteiger partial charge in [0.25, 0.3) is 0 Å². The lowest BCUT2D eigenvalue weighted by molar-refractivity contribution is 0.0816. The van der Waals surface area contributed by atoms with E-state index in [-0.39, 0.29) is 0 Å². The minimum absolute atomic E-state index is 0.651. The van der Waals surface area contributed by atoms with Crippen LogP contribution in [0.25, 0.3) is 0 Å². The Morgan fingerprint density at radius 2 is 2.04 bits per heavy atom. The van der Waals surface area contributed by atoms with Crippen LogP contribution < -0.4 is 4.90 Å². The number of aromatic nitrogens is 4. The van der Waals surface area contributed by atoms with E-state index in [1.807, 2.05) is 6.20 Å². The molecule has 0 aliphatic carbocycles. The molecule has 0 N–H and O–H groups in total. The molecule has 5 heterocycles. The Balaban J connectivity index is 1.22. The standard InChI is InChI=1S/C18H24N6O/c1-13-4-19-12-20-18(13)24-7-14-5-22(6-15(14)8-24)9-16-10-23-2-3-25-11-17(23)21-16/h4,10,12,14-15H,2-3,5-9,11H2,1H3. The van der Waals surface area contributed by atoms with Gasteiger partial charge in [-0.05, 0) is 18.8 Å². The van der Waals surface area contributed by atoms with Gasteiger partial charge in [0.1, 0.15) is 24.6 Å². The molecule has 2 unspecified atom stereocenters. The van der Waals surface area contributed by atoms with Crippen molar-refractivity contribution in [2.24, 2.45) is 11.8 Å². The van der Waals surface area contributed by atoms with Crippen LogP contribution in [0.2, 0.25) is 0 Å². The zero-order chi connectivity index (χ0) is 16.8.